The highest BCUT2D eigenvalue weighted by atomic mass is 16.5. The third-order valence-electron chi connectivity index (χ3n) is 3.30. The lowest BCUT2D eigenvalue weighted by Gasteiger charge is -2.15. The van der Waals surface area contributed by atoms with E-state index >= 15 is 0 Å². The van der Waals surface area contributed by atoms with Gasteiger partial charge in [-0.1, -0.05) is 27.2 Å². The van der Waals surface area contributed by atoms with Crippen LogP contribution in [0.25, 0.3) is 0 Å². The summed E-state index contributed by atoms with van der Waals surface area (Å²) in [4.78, 5) is 4.64. The maximum absolute atomic E-state index is 9.10. The molecule has 0 heterocycles. The second kappa shape index (κ2) is 15.1. The Hall–Kier alpha value is -0.810. The summed E-state index contributed by atoms with van der Waals surface area (Å²) in [6, 6.07) is 0. The van der Waals surface area contributed by atoms with Crippen molar-refractivity contribution in [2.75, 3.05) is 39.5 Å². The number of hydrogen-bond donors (Lipinski definition) is 3. The third kappa shape index (κ3) is 12.9. The van der Waals surface area contributed by atoms with E-state index in [9.17, 15) is 0 Å². The maximum Gasteiger partial charge on any atom is 0.191 e. The zero-order chi connectivity index (χ0) is 16.6. The Morgan fingerprint density at radius 1 is 1.18 bits per heavy atom. The minimum atomic E-state index is 0.247. The molecule has 0 aliphatic carbocycles. The fourth-order valence-corrected chi connectivity index (χ4v) is 2.18. The van der Waals surface area contributed by atoms with E-state index in [0.29, 0.717) is 11.8 Å². The minimum absolute atomic E-state index is 0.247. The Labute approximate surface area is 136 Å². The summed E-state index contributed by atoms with van der Waals surface area (Å²) < 4.78 is 5.57. The quantitative estimate of drug-likeness (QED) is 0.277. The largest absolute Gasteiger partial charge is 0.396 e. The van der Waals surface area contributed by atoms with Gasteiger partial charge in [-0.2, -0.15) is 0 Å². The zero-order valence-electron chi connectivity index (χ0n) is 15.0. The summed E-state index contributed by atoms with van der Waals surface area (Å²) in [7, 11) is 0. The smallest absolute Gasteiger partial charge is 0.191 e. The number of aliphatic hydroxyl groups excluding tert-OH is 1. The van der Waals surface area contributed by atoms with Crippen LogP contribution in [0.1, 0.15) is 53.4 Å². The van der Waals surface area contributed by atoms with Crippen molar-refractivity contribution >= 4 is 5.96 Å². The van der Waals surface area contributed by atoms with Crippen LogP contribution in [0.3, 0.4) is 0 Å². The fourth-order valence-electron chi connectivity index (χ4n) is 2.18. The molecule has 5 heteroatoms. The molecule has 0 bridgehead atoms. The molecule has 0 aliphatic heterocycles. The molecule has 0 saturated carbocycles. The van der Waals surface area contributed by atoms with Gasteiger partial charge in [-0.3, -0.25) is 4.99 Å². The topological polar surface area (TPSA) is 65.9 Å². The standard InChI is InChI=1S/C17H37N3O2/c1-5-8-16(9-11-21)13-20-17(18-6-2)19-10-7-12-22-14-15(3)4/h15-16,21H,5-14H2,1-4H3,(H2,18,19,20). The molecule has 22 heavy (non-hydrogen) atoms. The van der Waals surface area contributed by atoms with Crippen molar-refractivity contribution in [2.24, 2.45) is 16.8 Å². The first-order valence-corrected chi connectivity index (χ1v) is 8.84. The molecule has 1 unspecified atom stereocenters. The van der Waals surface area contributed by atoms with Gasteiger partial charge in [-0.25, -0.2) is 0 Å². The Morgan fingerprint density at radius 3 is 2.55 bits per heavy atom. The van der Waals surface area contributed by atoms with Gasteiger partial charge in [0.05, 0.1) is 0 Å². The second-order valence-electron chi connectivity index (χ2n) is 6.14. The average molecular weight is 316 g/mol. The maximum atomic E-state index is 9.10. The van der Waals surface area contributed by atoms with E-state index in [2.05, 4.69) is 43.3 Å². The van der Waals surface area contributed by atoms with Gasteiger partial charge in [-0.05, 0) is 38.0 Å². The molecule has 3 N–H and O–H groups in total. The predicted octanol–water partition coefficient (Wildman–Crippen LogP) is 2.40. The van der Waals surface area contributed by atoms with Crippen LogP contribution in [-0.2, 0) is 4.74 Å². The summed E-state index contributed by atoms with van der Waals surface area (Å²) in [5, 5.41) is 15.7. The molecule has 0 spiro atoms. The molecule has 0 aromatic rings. The average Bonchev–Trinajstić information content (AvgIpc) is 2.48. The van der Waals surface area contributed by atoms with Crippen molar-refractivity contribution in [3.63, 3.8) is 0 Å². The van der Waals surface area contributed by atoms with E-state index < -0.39 is 0 Å². The van der Waals surface area contributed by atoms with Crippen molar-refractivity contribution in [2.45, 2.75) is 53.4 Å². The lowest BCUT2D eigenvalue weighted by Crippen LogP contribution is -2.38. The monoisotopic (exact) mass is 315 g/mol. The van der Waals surface area contributed by atoms with E-state index in [0.717, 1.165) is 64.5 Å². The molecule has 0 saturated heterocycles. The highest BCUT2D eigenvalue weighted by Gasteiger charge is 2.07. The van der Waals surface area contributed by atoms with Gasteiger partial charge in [0.25, 0.3) is 0 Å². The van der Waals surface area contributed by atoms with Crippen molar-refractivity contribution in [1.29, 1.82) is 0 Å². The predicted molar refractivity (Wildman–Crippen MR) is 94.4 cm³/mol. The Bertz CT molecular complexity index is 265. The van der Waals surface area contributed by atoms with Gasteiger partial charge >= 0.3 is 0 Å². The summed E-state index contributed by atoms with van der Waals surface area (Å²) >= 11 is 0. The van der Waals surface area contributed by atoms with E-state index in [-0.39, 0.29) is 6.61 Å². The number of guanidine groups is 1. The van der Waals surface area contributed by atoms with Crippen molar-refractivity contribution < 1.29 is 9.84 Å². The van der Waals surface area contributed by atoms with Crippen LogP contribution in [-0.4, -0.2) is 50.5 Å². The van der Waals surface area contributed by atoms with Crippen LogP contribution in [0.4, 0.5) is 0 Å². The van der Waals surface area contributed by atoms with Crippen molar-refractivity contribution in [3.8, 4) is 0 Å². The van der Waals surface area contributed by atoms with Gasteiger partial charge in [0.1, 0.15) is 0 Å². The SMILES string of the molecule is CCCC(CCO)CN=C(NCC)NCCCOCC(C)C. The first-order chi connectivity index (χ1) is 10.6. The highest BCUT2D eigenvalue weighted by molar-refractivity contribution is 5.79. The van der Waals surface area contributed by atoms with Crippen LogP contribution in [0.2, 0.25) is 0 Å². The fraction of sp³-hybridized carbons (Fsp3) is 0.941. The number of hydrogen-bond acceptors (Lipinski definition) is 3. The van der Waals surface area contributed by atoms with Gasteiger partial charge < -0.3 is 20.5 Å². The molecule has 0 rings (SSSR count). The molecular weight excluding hydrogens is 278 g/mol. The number of rotatable bonds is 13. The Kier molecular flexibility index (Phi) is 14.5. The number of nitrogens with one attached hydrogen (secondary N) is 2. The van der Waals surface area contributed by atoms with Crippen LogP contribution in [0, 0.1) is 11.8 Å². The molecule has 0 fully saturated rings. The number of nitrogens with zero attached hydrogens (tertiary/aromatic N) is 1. The summed E-state index contributed by atoms with van der Waals surface area (Å²) in [5.41, 5.74) is 0. The van der Waals surface area contributed by atoms with Crippen LogP contribution < -0.4 is 10.6 Å². The normalized spacial score (nSPS) is 13.5. The van der Waals surface area contributed by atoms with E-state index in [4.69, 9.17) is 9.84 Å². The van der Waals surface area contributed by atoms with Gasteiger partial charge in [0.15, 0.2) is 5.96 Å². The molecule has 1 atom stereocenters. The van der Waals surface area contributed by atoms with E-state index in [1.165, 1.54) is 0 Å². The van der Waals surface area contributed by atoms with Crippen molar-refractivity contribution in [1.82, 2.24) is 10.6 Å². The highest BCUT2D eigenvalue weighted by Crippen LogP contribution is 2.10. The first kappa shape index (κ1) is 21.2. The summed E-state index contributed by atoms with van der Waals surface area (Å²) in [6.07, 6.45) is 4.07. The van der Waals surface area contributed by atoms with Gasteiger partial charge in [-0.15, -0.1) is 0 Å². The summed E-state index contributed by atoms with van der Waals surface area (Å²) in [6.45, 7) is 12.9. The van der Waals surface area contributed by atoms with E-state index in [1.807, 2.05) is 0 Å². The van der Waals surface area contributed by atoms with E-state index in [1.54, 1.807) is 0 Å². The van der Waals surface area contributed by atoms with Gasteiger partial charge in [0, 0.05) is 39.5 Å². The molecule has 132 valence electrons. The number of aliphatic hydroxyl groups is 1. The number of ether oxygens (including phenoxy) is 1. The third-order valence-corrected chi connectivity index (χ3v) is 3.30. The van der Waals surface area contributed by atoms with Crippen molar-refractivity contribution in [3.05, 3.63) is 0 Å². The molecule has 0 radical (unpaired) electrons. The van der Waals surface area contributed by atoms with Crippen LogP contribution >= 0.6 is 0 Å². The number of aliphatic imine (C=N–C) groups is 1. The van der Waals surface area contributed by atoms with Crippen LogP contribution in [0.15, 0.2) is 4.99 Å². The Balaban J connectivity index is 4.03. The second-order valence-corrected chi connectivity index (χ2v) is 6.14. The molecule has 0 aliphatic rings. The molecule has 0 amide bonds. The summed E-state index contributed by atoms with van der Waals surface area (Å²) in [5.74, 6) is 1.93. The molecule has 0 aromatic carbocycles. The lowest BCUT2D eigenvalue weighted by molar-refractivity contribution is 0.108. The Morgan fingerprint density at radius 2 is 1.95 bits per heavy atom. The molecule has 5 nitrogen and oxygen atoms in total. The first-order valence-electron chi connectivity index (χ1n) is 8.84. The zero-order valence-corrected chi connectivity index (χ0v) is 15.0. The molecule has 0 aromatic heterocycles. The van der Waals surface area contributed by atoms with Crippen LogP contribution in [0.5, 0.6) is 0 Å². The minimum Gasteiger partial charge on any atom is -0.396 e. The van der Waals surface area contributed by atoms with Gasteiger partial charge in [0.2, 0.25) is 0 Å². The molecular formula is C17H37N3O2. The lowest BCUT2D eigenvalue weighted by atomic mass is 10.0.